The van der Waals surface area contributed by atoms with Gasteiger partial charge in [-0.1, -0.05) is 30.3 Å². The number of halogens is 1. The Labute approximate surface area is 293 Å². The first-order valence-electron chi connectivity index (χ1n) is 16.5. The zero-order valence-electron chi connectivity index (χ0n) is 28.1. The maximum Gasteiger partial charge on any atom is 0.415 e. The molecule has 0 bridgehead atoms. The van der Waals surface area contributed by atoms with E-state index >= 15 is 0 Å². The largest absolute Gasteiger partial charge is 0.505 e. The van der Waals surface area contributed by atoms with Crippen LogP contribution in [0.15, 0.2) is 79.1 Å². The number of aromatic nitrogens is 2. The number of aromatic hydroxyl groups is 2. The molecule has 13 nitrogen and oxygen atoms in total. The summed E-state index contributed by atoms with van der Waals surface area (Å²) >= 11 is 0. The Balaban J connectivity index is 1.15. The van der Waals surface area contributed by atoms with Crippen molar-refractivity contribution in [3.05, 3.63) is 90.5 Å². The molecule has 5 aromatic rings. The van der Waals surface area contributed by atoms with E-state index < -0.39 is 31.6 Å². The van der Waals surface area contributed by atoms with Crippen molar-refractivity contribution in [3.63, 3.8) is 0 Å². The highest BCUT2D eigenvalue weighted by molar-refractivity contribution is 7.54. The summed E-state index contributed by atoms with van der Waals surface area (Å²) in [6.07, 6.45) is 1.30. The number of pyridine rings is 1. The first kappa shape index (κ1) is 35.6. The van der Waals surface area contributed by atoms with Crippen molar-refractivity contribution >= 4 is 41.3 Å². The lowest BCUT2D eigenvalue weighted by Gasteiger charge is -2.34. The third-order valence-corrected chi connectivity index (χ3v) is 10.4. The highest BCUT2D eigenvalue weighted by atomic mass is 31.2. The number of phenols is 1. The first-order valence-corrected chi connectivity index (χ1v) is 18.2. The zero-order chi connectivity index (χ0) is 36.1. The molecule has 1 amide bonds. The molecule has 15 heteroatoms. The van der Waals surface area contributed by atoms with Gasteiger partial charge in [-0.15, -0.1) is 0 Å². The van der Waals surface area contributed by atoms with Crippen molar-refractivity contribution < 1.29 is 47.3 Å². The van der Waals surface area contributed by atoms with Crippen LogP contribution in [0.2, 0.25) is 0 Å². The lowest BCUT2D eigenvalue weighted by molar-refractivity contribution is -0.150. The van der Waals surface area contributed by atoms with E-state index in [1.807, 2.05) is 4.90 Å². The molecule has 1 aliphatic heterocycles. The number of piperazine rings is 1. The van der Waals surface area contributed by atoms with Crippen molar-refractivity contribution in [2.45, 2.75) is 26.5 Å². The van der Waals surface area contributed by atoms with Crippen LogP contribution in [-0.4, -0.2) is 93.2 Å². The lowest BCUT2D eigenvalue weighted by atomic mass is 10.1. The molecule has 1 fully saturated rings. The van der Waals surface area contributed by atoms with E-state index in [1.165, 1.54) is 34.7 Å². The molecule has 268 valence electrons. The maximum absolute atomic E-state index is 13.9. The SMILES string of the molecule is CCOC(=O)[C@@H](C)OP(=O)(CCN1CCN(C(=O)Oc2c3cccnc3c(O)c3c(O)n(Cc4ccc(F)cc4)cc23)CC1)Oc1ccccc1. The molecule has 2 atom stereocenters. The summed E-state index contributed by atoms with van der Waals surface area (Å²) in [5.41, 5.74) is 0.850. The first-order chi connectivity index (χ1) is 24.5. The number of ether oxygens (including phenoxy) is 2. The Morgan fingerprint density at radius 1 is 0.980 bits per heavy atom. The highest BCUT2D eigenvalue weighted by Gasteiger charge is 2.34. The fourth-order valence-corrected chi connectivity index (χ4v) is 7.66. The fraction of sp³-hybridized carbons (Fsp3) is 0.306. The molecule has 1 aliphatic rings. The molecule has 0 saturated carbocycles. The van der Waals surface area contributed by atoms with E-state index in [1.54, 1.807) is 67.7 Å². The smallest absolute Gasteiger partial charge is 0.415 e. The number of amides is 1. The Bertz CT molecular complexity index is 2070. The van der Waals surface area contributed by atoms with Gasteiger partial charge in [0.05, 0.1) is 30.1 Å². The summed E-state index contributed by atoms with van der Waals surface area (Å²) in [7, 11) is -3.81. The van der Waals surface area contributed by atoms with E-state index in [-0.39, 0.29) is 60.7 Å². The lowest BCUT2D eigenvalue weighted by Crippen LogP contribution is -2.50. The summed E-state index contributed by atoms with van der Waals surface area (Å²) in [5, 5.41) is 23.0. The number of phenolic OH excluding ortho intramolecular Hbond substituents is 1. The molecule has 2 N–H and O–H groups in total. The summed E-state index contributed by atoms with van der Waals surface area (Å²) < 4.78 is 51.3. The molecule has 0 spiro atoms. The van der Waals surface area contributed by atoms with Gasteiger partial charge in [-0.05, 0) is 55.8 Å². The number of esters is 1. The van der Waals surface area contributed by atoms with Crippen LogP contribution in [0.4, 0.5) is 9.18 Å². The van der Waals surface area contributed by atoms with Crippen LogP contribution in [0.5, 0.6) is 23.1 Å². The second-order valence-electron chi connectivity index (χ2n) is 12.0. The van der Waals surface area contributed by atoms with E-state index in [0.29, 0.717) is 41.7 Å². The second kappa shape index (κ2) is 15.4. The van der Waals surface area contributed by atoms with Crippen LogP contribution < -0.4 is 9.26 Å². The molecule has 0 aliphatic carbocycles. The summed E-state index contributed by atoms with van der Waals surface area (Å²) in [6, 6.07) is 17.7. The Morgan fingerprint density at radius 2 is 1.71 bits per heavy atom. The molecule has 51 heavy (non-hydrogen) atoms. The van der Waals surface area contributed by atoms with Gasteiger partial charge >= 0.3 is 19.7 Å². The molecule has 0 radical (unpaired) electrons. The van der Waals surface area contributed by atoms with Crippen molar-refractivity contribution in [3.8, 4) is 23.1 Å². The molecule has 3 aromatic carbocycles. The number of carbonyl (C=O) groups excluding carboxylic acids is 2. The Kier molecular flexibility index (Phi) is 10.8. The van der Waals surface area contributed by atoms with E-state index in [2.05, 4.69) is 4.98 Å². The fourth-order valence-electron chi connectivity index (χ4n) is 5.88. The van der Waals surface area contributed by atoms with Crippen molar-refractivity contribution in [2.75, 3.05) is 45.5 Å². The minimum absolute atomic E-state index is 0.0149. The van der Waals surface area contributed by atoms with Crippen LogP contribution in [0, 0.1) is 5.82 Å². The number of carbonyl (C=O) groups is 2. The van der Waals surface area contributed by atoms with Crippen molar-refractivity contribution in [2.24, 2.45) is 0 Å². The van der Waals surface area contributed by atoms with Gasteiger partial charge in [-0.3, -0.25) is 14.4 Å². The number of fused-ring (bicyclic) bond motifs is 2. The molecule has 3 heterocycles. The number of rotatable bonds is 12. The molecule has 2 aromatic heterocycles. The van der Waals surface area contributed by atoms with E-state index in [9.17, 15) is 28.8 Å². The van der Waals surface area contributed by atoms with E-state index in [4.69, 9.17) is 18.5 Å². The van der Waals surface area contributed by atoms with Crippen molar-refractivity contribution in [1.29, 1.82) is 0 Å². The Hall–Kier alpha value is -5.17. The predicted octanol–water partition coefficient (Wildman–Crippen LogP) is 6.14. The number of para-hydroxylation sites is 1. The molecule has 1 saturated heterocycles. The quantitative estimate of drug-likeness (QED) is 0.113. The topological polar surface area (TPSA) is 153 Å². The third kappa shape index (κ3) is 8.09. The third-order valence-electron chi connectivity index (χ3n) is 8.51. The van der Waals surface area contributed by atoms with Crippen LogP contribution in [0.25, 0.3) is 21.7 Å². The van der Waals surface area contributed by atoms with Gasteiger partial charge < -0.3 is 33.7 Å². The average Bonchev–Trinajstić information content (AvgIpc) is 3.46. The van der Waals surface area contributed by atoms with Gasteiger partial charge in [-0.2, -0.15) is 0 Å². The van der Waals surface area contributed by atoms with Gasteiger partial charge in [0.15, 0.2) is 17.6 Å². The number of hydrogen-bond donors (Lipinski definition) is 2. The normalized spacial score (nSPS) is 15.4. The molecular weight excluding hydrogens is 682 g/mol. The highest BCUT2D eigenvalue weighted by Crippen LogP contribution is 2.50. The molecule has 1 unspecified atom stereocenters. The number of nitrogens with zero attached hydrogens (tertiary/aromatic N) is 4. The van der Waals surface area contributed by atoms with Crippen LogP contribution in [-0.2, 0) is 25.2 Å². The van der Waals surface area contributed by atoms with Gasteiger partial charge in [0.2, 0.25) is 5.88 Å². The minimum atomic E-state index is -3.81. The second-order valence-corrected chi connectivity index (χ2v) is 14.1. The molecular formula is C36H38FN4O9P. The van der Waals surface area contributed by atoms with E-state index in [0.717, 1.165) is 0 Å². The van der Waals surface area contributed by atoms with Crippen LogP contribution in [0.1, 0.15) is 19.4 Å². The summed E-state index contributed by atoms with van der Waals surface area (Å²) in [6.45, 7) is 5.19. The van der Waals surface area contributed by atoms with Gasteiger partial charge in [0.1, 0.15) is 17.1 Å². The maximum atomic E-state index is 13.9. The monoisotopic (exact) mass is 720 g/mol. The summed E-state index contributed by atoms with van der Waals surface area (Å²) in [4.78, 5) is 33.7. The molecule has 6 rings (SSSR count). The van der Waals surface area contributed by atoms with Crippen LogP contribution in [0.3, 0.4) is 0 Å². The predicted molar refractivity (Wildman–Crippen MR) is 187 cm³/mol. The van der Waals surface area contributed by atoms with Gasteiger partial charge in [0, 0.05) is 50.5 Å². The summed E-state index contributed by atoms with van der Waals surface area (Å²) in [5.74, 6) is -1.10. The average molecular weight is 721 g/mol. The minimum Gasteiger partial charge on any atom is -0.505 e. The zero-order valence-corrected chi connectivity index (χ0v) is 29.0. The van der Waals surface area contributed by atoms with Crippen molar-refractivity contribution in [1.82, 2.24) is 19.4 Å². The number of hydrogen-bond acceptors (Lipinski definition) is 11. The van der Waals surface area contributed by atoms with Crippen LogP contribution >= 0.6 is 7.60 Å². The number of benzene rings is 3. The van der Waals surface area contributed by atoms with Gasteiger partial charge in [0.25, 0.3) is 0 Å². The Morgan fingerprint density at radius 3 is 2.41 bits per heavy atom. The standard InChI is InChI=1S/C36H38FN4O9P/c1-3-47-35(44)24(2)49-51(46,50-27-8-5-4-6-9-27)21-20-39-16-18-40(19-17-39)36(45)48-33-28-10-7-15-38-31(28)32(42)30-29(33)23-41(34(30)43)22-25-11-13-26(37)14-12-25/h4-15,23-24,42-43H,3,16-22H2,1-2H3/t24-,51?/m1/s1. The van der Waals surface area contributed by atoms with Gasteiger partial charge in [-0.25, -0.2) is 18.5 Å².